The van der Waals surface area contributed by atoms with Gasteiger partial charge in [0.15, 0.2) is 5.13 Å². The Morgan fingerprint density at radius 3 is 2.84 bits per heavy atom. The molecular weight excluding hydrogens is 254 g/mol. The fraction of sp³-hybridized carbons (Fsp3) is 0.400. The van der Waals surface area contributed by atoms with Crippen LogP contribution in [0.1, 0.15) is 23.8 Å². The van der Waals surface area contributed by atoms with Crippen LogP contribution in [0.25, 0.3) is 0 Å². The first kappa shape index (κ1) is 14.0. The van der Waals surface area contributed by atoms with E-state index in [0.717, 1.165) is 24.6 Å². The molecule has 0 aliphatic heterocycles. The number of rotatable bonds is 6. The van der Waals surface area contributed by atoms with Gasteiger partial charge in [0.05, 0.1) is 0 Å². The minimum Gasteiger partial charge on any atom is -0.321 e. The molecule has 1 aromatic heterocycles. The molecule has 4 heteroatoms. The largest absolute Gasteiger partial charge is 0.321 e. The maximum atomic E-state index is 4.52. The summed E-state index contributed by atoms with van der Waals surface area (Å²) in [5.41, 5.74) is 2.48. The van der Waals surface area contributed by atoms with Crippen molar-refractivity contribution in [2.45, 2.75) is 26.8 Å². The Hall–Kier alpha value is -1.39. The smallest absolute Gasteiger partial charge is 0.189 e. The number of nitrogens with zero attached hydrogens (tertiary/aromatic N) is 2. The van der Waals surface area contributed by atoms with Crippen LogP contribution in [0, 0.1) is 6.92 Å². The van der Waals surface area contributed by atoms with Crippen molar-refractivity contribution < 1.29 is 0 Å². The number of aromatic nitrogens is 1. The number of nitrogens with one attached hydrogen (secondary N) is 1. The van der Waals surface area contributed by atoms with Gasteiger partial charge in [-0.25, -0.2) is 4.98 Å². The van der Waals surface area contributed by atoms with Crippen molar-refractivity contribution in [2.75, 3.05) is 18.5 Å². The summed E-state index contributed by atoms with van der Waals surface area (Å²) in [7, 11) is 2.07. The van der Waals surface area contributed by atoms with E-state index in [0.29, 0.717) is 0 Å². The van der Waals surface area contributed by atoms with Crippen molar-refractivity contribution in [1.82, 2.24) is 10.3 Å². The van der Waals surface area contributed by atoms with E-state index in [9.17, 15) is 0 Å². The summed E-state index contributed by atoms with van der Waals surface area (Å²) in [6, 6.07) is 8.39. The molecule has 102 valence electrons. The molecule has 0 bridgehead atoms. The Bertz CT molecular complexity index is 522. The molecule has 0 radical (unpaired) electrons. The lowest BCUT2D eigenvalue weighted by Crippen LogP contribution is -2.12. The van der Waals surface area contributed by atoms with Crippen LogP contribution in [0.2, 0.25) is 0 Å². The number of thiazole rings is 1. The molecule has 0 aliphatic rings. The van der Waals surface area contributed by atoms with E-state index in [1.807, 2.05) is 6.20 Å². The number of benzene rings is 1. The maximum Gasteiger partial charge on any atom is 0.189 e. The molecule has 3 nitrogen and oxygen atoms in total. The third-order valence-electron chi connectivity index (χ3n) is 3.03. The number of para-hydroxylation sites is 1. The molecule has 19 heavy (non-hydrogen) atoms. The van der Waals surface area contributed by atoms with Gasteiger partial charge in [0.1, 0.15) is 0 Å². The second-order valence-corrected chi connectivity index (χ2v) is 5.73. The Morgan fingerprint density at radius 2 is 2.11 bits per heavy atom. The highest BCUT2D eigenvalue weighted by Crippen LogP contribution is 2.29. The molecule has 1 aromatic carbocycles. The zero-order valence-corrected chi connectivity index (χ0v) is 12.6. The molecular formula is C15H21N3S. The van der Waals surface area contributed by atoms with Gasteiger partial charge in [-0.2, -0.15) is 0 Å². The first-order valence-corrected chi connectivity index (χ1v) is 7.48. The SMILES string of the molecule is CCCNCc1cnc(N(C)c2ccccc2C)s1. The summed E-state index contributed by atoms with van der Waals surface area (Å²) in [5.74, 6) is 0. The predicted octanol–water partition coefficient (Wildman–Crippen LogP) is 3.72. The Morgan fingerprint density at radius 1 is 1.32 bits per heavy atom. The first-order valence-electron chi connectivity index (χ1n) is 6.67. The molecule has 0 saturated carbocycles. The van der Waals surface area contributed by atoms with Gasteiger partial charge in [0.2, 0.25) is 0 Å². The summed E-state index contributed by atoms with van der Waals surface area (Å²) in [5, 5.41) is 4.45. The quantitative estimate of drug-likeness (QED) is 0.814. The van der Waals surface area contributed by atoms with Crippen LogP contribution in [-0.2, 0) is 6.54 Å². The van der Waals surface area contributed by atoms with E-state index in [-0.39, 0.29) is 0 Å². The Labute approximate surface area is 119 Å². The van der Waals surface area contributed by atoms with Gasteiger partial charge in [-0.05, 0) is 31.5 Å². The molecule has 1 heterocycles. The minimum atomic E-state index is 0.910. The van der Waals surface area contributed by atoms with Crippen molar-refractivity contribution in [3.8, 4) is 0 Å². The molecule has 0 unspecified atom stereocenters. The topological polar surface area (TPSA) is 28.2 Å². The predicted molar refractivity (Wildman–Crippen MR) is 83.4 cm³/mol. The van der Waals surface area contributed by atoms with Gasteiger partial charge in [-0.15, -0.1) is 11.3 Å². The van der Waals surface area contributed by atoms with E-state index < -0.39 is 0 Å². The van der Waals surface area contributed by atoms with Gasteiger partial charge < -0.3 is 10.2 Å². The molecule has 0 atom stereocenters. The van der Waals surface area contributed by atoms with E-state index in [2.05, 4.69) is 60.4 Å². The van der Waals surface area contributed by atoms with Crippen molar-refractivity contribution in [3.05, 3.63) is 40.9 Å². The van der Waals surface area contributed by atoms with Crippen LogP contribution in [-0.4, -0.2) is 18.6 Å². The summed E-state index contributed by atoms with van der Waals surface area (Å²) in [4.78, 5) is 7.95. The highest BCUT2D eigenvalue weighted by molar-refractivity contribution is 7.15. The lowest BCUT2D eigenvalue weighted by molar-refractivity contribution is 0.681. The third-order valence-corrected chi connectivity index (χ3v) is 4.10. The minimum absolute atomic E-state index is 0.910. The van der Waals surface area contributed by atoms with Crippen LogP contribution in [0.4, 0.5) is 10.8 Å². The lowest BCUT2D eigenvalue weighted by Gasteiger charge is -2.18. The number of hydrogen-bond donors (Lipinski definition) is 1. The van der Waals surface area contributed by atoms with Crippen molar-refractivity contribution in [3.63, 3.8) is 0 Å². The zero-order valence-electron chi connectivity index (χ0n) is 11.8. The van der Waals surface area contributed by atoms with Gasteiger partial charge >= 0.3 is 0 Å². The number of anilines is 2. The average molecular weight is 275 g/mol. The van der Waals surface area contributed by atoms with E-state index in [1.165, 1.54) is 16.1 Å². The fourth-order valence-electron chi connectivity index (χ4n) is 1.97. The molecule has 2 rings (SSSR count). The molecule has 0 saturated heterocycles. The van der Waals surface area contributed by atoms with Crippen LogP contribution in [0.15, 0.2) is 30.5 Å². The van der Waals surface area contributed by atoms with Gasteiger partial charge in [0.25, 0.3) is 0 Å². The molecule has 1 N–H and O–H groups in total. The summed E-state index contributed by atoms with van der Waals surface area (Å²) >= 11 is 1.75. The van der Waals surface area contributed by atoms with Crippen LogP contribution in [0.5, 0.6) is 0 Å². The first-order chi connectivity index (χ1) is 9.22. The van der Waals surface area contributed by atoms with Crippen molar-refractivity contribution >= 4 is 22.2 Å². The Balaban J connectivity index is 2.08. The highest BCUT2D eigenvalue weighted by atomic mass is 32.1. The van der Waals surface area contributed by atoms with Gasteiger partial charge in [0, 0.05) is 30.4 Å². The summed E-state index contributed by atoms with van der Waals surface area (Å²) in [6.07, 6.45) is 3.13. The van der Waals surface area contributed by atoms with E-state index in [4.69, 9.17) is 0 Å². The molecule has 0 fully saturated rings. The monoisotopic (exact) mass is 275 g/mol. The Kier molecular flexibility index (Phi) is 4.93. The molecule has 2 aromatic rings. The standard InChI is InChI=1S/C15H21N3S/c1-4-9-16-10-13-11-17-15(19-13)18(3)14-8-6-5-7-12(14)2/h5-8,11,16H,4,9-10H2,1-3H3. The zero-order chi connectivity index (χ0) is 13.7. The third kappa shape index (κ3) is 3.55. The summed E-state index contributed by atoms with van der Waals surface area (Å²) in [6.45, 7) is 6.27. The van der Waals surface area contributed by atoms with Crippen LogP contribution >= 0.6 is 11.3 Å². The molecule has 0 amide bonds. The van der Waals surface area contributed by atoms with Gasteiger partial charge in [-0.3, -0.25) is 0 Å². The average Bonchev–Trinajstić information content (AvgIpc) is 2.88. The van der Waals surface area contributed by atoms with Crippen LogP contribution < -0.4 is 10.2 Å². The normalized spacial score (nSPS) is 10.7. The molecule has 0 aliphatic carbocycles. The van der Waals surface area contributed by atoms with Crippen molar-refractivity contribution in [2.24, 2.45) is 0 Å². The fourth-order valence-corrected chi connectivity index (χ4v) is 2.82. The summed E-state index contributed by atoms with van der Waals surface area (Å²) < 4.78 is 0. The van der Waals surface area contributed by atoms with E-state index >= 15 is 0 Å². The molecule has 0 spiro atoms. The van der Waals surface area contributed by atoms with Crippen LogP contribution in [0.3, 0.4) is 0 Å². The van der Waals surface area contributed by atoms with Crippen molar-refractivity contribution in [1.29, 1.82) is 0 Å². The number of aryl methyl sites for hydroxylation is 1. The maximum absolute atomic E-state index is 4.52. The highest BCUT2D eigenvalue weighted by Gasteiger charge is 2.10. The number of hydrogen-bond acceptors (Lipinski definition) is 4. The second kappa shape index (κ2) is 6.68. The second-order valence-electron chi connectivity index (χ2n) is 4.63. The van der Waals surface area contributed by atoms with E-state index in [1.54, 1.807) is 11.3 Å². The lowest BCUT2D eigenvalue weighted by atomic mass is 10.2. The van der Waals surface area contributed by atoms with Gasteiger partial charge in [-0.1, -0.05) is 25.1 Å².